The summed E-state index contributed by atoms with van der Waals surface area (Å²) < 4.78 is 47.4. The number of ether oxygens (including phenoxy) is 2. The number of amides is 2. The molecule has 0 radical (unpaired) electrons. The maximum atomic E-state index is 13.7. The van der Waals surface area contributed by atoms with E-state index in [9.17, 15) is 32.3 Å². The Labute approximate surface area is 211 Å². The Morgan fingerprint density at radius 2 is 1.78 bits per heavy atom. The van der Waals surface area contributed by atoms with Gasteiger partial charge in [-0.3, -0.25) is 19.2 Å². The van der Waals surface area contributed by atoms with Crippen LogP contribution in [0.3, 0.4) is 0 Å². The Bertz CT molecular complexity index is 1190. The largest absolute Gasteiger partial charge is 0.573 e. The molecule has 1 aliphatic carbocycles. The normalized spacial score (nSPS) is 24.1. The fourth-order valence-electron chi connectivity index (χ4n) is 6.10. The molecule has 198 valence electrons. The average molecular weight is 521 g/mol. The zero-order chi connectivity index (χ0) is 26.5. The molecule has 1 aromatic rings. The molecule has 1 saturated carbocycles. The van der Waals surface area contributed by atoms with E-state index >= 15 is 0 Å². The van der Waals surface area contributed by atoms with Crippen LogP contribution in [-0.4, -0.2) is 58.4 Å². The molecule has 1 aromatic carbocycles. The molecule has 2 amide bonds. The summed E-state index contributed by atoms with van der Waals surface area (Å²) in [4.78, 5) is 55.2. The van der Waals surface area contributed by atoms with E-state index in [0.717, 1.165) is 12.8 Å². The molecule has 0 N–H and O–H groups in total. The SMILES string of the molecule is CC(=O)OCC1(C(=O)C(=O)N2C3CCCC2C2=Cc4cc(OC(F)(F)F)ccc4CN2C3=O)CCCC1. The van der Waals surface area contributed by atoms with Crippen molar-refractivity contribution in [2.45, 2.75) is 76.9 Å². The van der Waals surface area contributed by atoms with Gasteiger partial charge in [0.05, 0.1) is 18.0 Å². The summed E-state index contributed by atoms with van der Waals surface area (Å²) in [5, 5.41) is 0. The number of benzene rings is 1. The molecule has 11 heteroatoms. The van der Waals surface area contributed by atoms with Gasteiger partial charge in [0.25, 0.3) is 5.91 Å². The summed E-state index contributed by atoms with van der Waals surface area (Å²) >= 11 is 0. The van der Waals surface area contributed by atoms with Gasteiger partial charge in [-0.05, 0) is 61.4 Å². The van der Waals surface area contributed by atoms with Crippen LogP contribution in [0, 0.1) is 5.41 Å². The minimum absolute atomic E-state index is 0.158. The van der Waals surface area contributed by atoms with Crippen molar-refractivity contribution in [3.8, 4) is 5.75 Å². The Balaban J connectivity index is 1.48. The first-order valence-electron chi connectivity index (χ1n) is 12.4. The molecular weight excluding hydrogens is 493 g/mol. The third-order valence-corrected chi connectivity index (χ3v) is 7.84. The van der Waals surface area contributed by atoms with Gasteiger partial charge in [-0.15, -0.1) is 13.2 Å². The van der Waals surface area contributed by atoms with Gasteiger partial charge in [0.15, 0.2) is 0 Å². The van der Waals surface area contributed by atoms with Crippen LogP contribution in [-0.2, 0) is 30.5 Å². The highest BCUT2D eigenvalue weighted by Crippen LogP contribution is 2.44. The van der Waals surface area contributed by atoms with Crippen molar-refractivity contribution in [1.82, 2.24) is 9.80 Å². The number of piperazine rings is 1. The van der Waals surface area contributed by atoms with Crippen molar-refractivity contribution in [3.05, 3.63) is 35.0 Å². The molecule has 0 aromatic heterocycles. The molecular formula is C26H27F3N2O6. The number of carbonyl (C=O) groups excluding carboxylic acids is 4. The number of ketones is 1. The lowest BCUT2D eigenvalue weighted by Crippen LogP contribution is -2.66. The summed E-state index contributed by atoms with van der Waals surface area (Å²) in [5.74, 6) is -2.64. The van der Waals surface area contributed by atoms with Crippen LogP contribution in [0.5, 0.6) is 5.75 Å². The number of esters is 1. The van der Waals surface area contributed by atoms with Crippen molar-refractivity contribution in [1.29, 1.82) is 0 Å². The van der Waals surface area contributed by atoms with Gasteiger partial charge in [0.2, 0.25) is 11.7 Å². The first kappa shape index (κ1) is 25.3. The predicted molar refractivity (Wildman–Crippen MR) is 122 cm³/mol. The Morgan fingerprint density at radius 3 is 2.46 bits per heavy atom. The van der Waals surface area contributed by atoms with Crippen LogP contribution < -0.4 is 4.74 Å². The second kappa shape index (κ2) is 9.18. The highest BCUT2D eigenvalue weighted by molar-refractivity contribution is 6.38. The summed E-state index contributed by atoms with van der Waals surface area (Å²) in [6.07, 6.45) is 0.655. The van der Waals surface area contributed by atoms with Gasteiger partial charge in [-0.2, -0.15) is 0 Å². The van der Waals surface area contributed by atoms with Gasteiger partial charge >= 0.3 is 12.3 Å². The lowest BCUT2D eigenvalue weighted by atomic mass is 9.79. The highest BCUT2D eigenvalue weighted by atomic mass is 19.4. The van der Waals surface area contributed by atoms with Crippen molar-refractivity contribution < 1.29 is 41.8 Å². The number of rotatable bonds is 5. The molecule has 2 unspecified atom stereocenters. The second-order valence-electron chi connectivity index (χ2n) is 10.2. The number of piperidine rings is 1. The zero-order valence-electron chi connectivity index (χ0n) is 20.3. The Hall–Kier alpha value is -3.37. The van der Waals surface area contributed by atoms with E-state index in [0.29, 0.717) is 48.9 Å². The summed E-state index contributed by atoms with van der Waals surface area (Å²) in [5.41, 5.74) is 0.506. The fraction of sp³-hybridized carbons (Fsp3) is 0.538. The summed E-state index contributed by atoms with van der Waals surface area (Å²) in [7, 11) is 0. The molecule has 2 atom stereocenters. The number of fused-ring (bicyclic) bond motifs is 5. The van der Waals surface area contributed by atoms with Gasteiger partial charge in [0.1, 0.15) is 18.4 Å². The minimum Gasteiger partial charge on any atom is -0.465 e. The third kappa shape index (κ3) is 4.59. The molecule has 3 aliphatic heterocycles. The van der Waals surface area contributed by atoms with Gasteiger partial charge in [-0.1, -0.05) is 18.9 Å². The molecule has 37 heavy (non-hydrogen) atoms. The summed E-state index contributed by atoms with van der Waals surface area (Å²) in [6, 6.07) is 2.59. The lowest BCUT2D eigenvalue weighted by molar-refractivity contribution is -0.274. The van der Waals surface area contributed by atoms with E-state index in [1.54, 1.807) is 11.0 Å². The average Bonchev–Trinajstić information content (AvgIpc) is 3.33. The number of carbonyl (C=O) groups is 4. The number of alkyl halides is 3. The molecule has 8 nitrogen and oxygen atoms in total. The van der Waals surface area contributed by atoms with Crippen molar-refractivity contribution in [3.63, 3.8) is 0 Å². The monoisotopic (exact) mass is 520 g/mol. The highest BCUT2D eigenvalue weighted by Gasteiger charge is 2.54. The summed E-state index contributed by atoms with van der Waals surface area (Å²) in [6.45, 7) is 1.23. The topological polar surface area (TPSA) is 93.2 Å². The van der Waals surface area contributed by atoms with Crippen LogP contribution in [0.2, 0.25) is 0 Å². The van der Waals surface area contributed by atoms with Crippen LogP contribution in [0.4, 0.5) is 13.2 Å². The first-order valence-corrected chi connectivity index (χ1v) is 12.4. The van der Waals surface area contributed by atoms with Crippen molar-refractivity contribution in [2.24, 2.45) is 5.41 Å². The van der Waals surface area contributed by atoms with Crippen LogP contribution in [0.25, 0.3) is 6.08 Å². The Morgan fingerprint density at radius 1 is 1.08 bits per heavy atom. The quantitative estimate of drug-likeness (QED) is 0.434. The Kier molecular flexibility index (Phi) is 6.27. The molecule has 2 bridgehead atoms. The number of hydrogen-bond acceptors (Lipinski definition) is 6. The third-order valence-electron chi connectivity index (χ3n) is 7.84. The van der Waals surface area contributed by atoms with Gasteiger partial charge < -0.3 is 19.3 Å². The van der Waals surface area contributed by atoms with E-state index in [1.165, 1.54) is 30.0 Å². The number of Topliss-reactive ketones (excluding diaryl/α,β-unsaturated/α-hetero) is 1. The van der Waals surface area contributed by atoms with Crippen LogP contribution in [0.15, 0.2) is 23.9 Å². The molecule has 5 rings (SSSR count). The van der Waals surface area contributed by atoms with E-state index < -0.39 is 41.5 Å². The second-order valence-corrected chi connectivity index (χ2v) is 10.2. The number of nitrogens with zero attached hydrogens (tertiary/aromatic N) is 2. The van der Waals surface area contributed by atoms with Crippen molar-refractivity contribution >= 4 is 29.6 Å². The molecule has 4 aliphatic rings. The van der Waals surface area contributed by atoms with E-state index in [-0.39, 0.29) is 24.8 Å². The standard InChI is InChI=1S/C26H27F3N2O6/c1-15(32)36-14-25(9-2-3-10-25)22(33)24(35)31-19-5-4-6-20(31)23(34)30-13-16-7-8-18(37-26(27,28)29)11-17(16)12-21(19)30/h7-8,11-12,19-20H,2-6,9-10,13-14H2,1H3. The molecule has 3 heterocycles. The zero-order valence-corrected chi connectivity index (χ0v) is 20.3. The van der Waals surface area contributed by atoms with E-state index in [1.807, 2.05) is 0 Å². The number of halogens is 3. The van der Waals surface area contributed by atoms with E-state index in [4.69, 9.17) is 4.74 Å². The maximum Gasteiger partial charge on any atom is 0.573 e. The van der Waals surface area contributed by atoms with Crippen LogP contribution >= 0.6 is 0 Å². The molecule has 3 fully saturated rings. The van der Waals surface area contributed by atoms with Gasteiger partial charge in [-0.25, -0.2) is 0 Å². The molecule has 0 spiro atoms. The number of hydrogen-bond donors (Lipinski definition) is 0. The van der Waals surface area contributed by atoms with Crippen LogP contribution in [0.1, 0.15) is 63.0 Å². The van der Waals surface area contributed by atoms with Gasteiger partial charge in [0, 0.05) is 12.6 Å². The minimum atomic E-state index is -4.84. The lowest BCUT2D eigenvalue weighted by Gasteiger charge is -2.51. The predicted octanol–water partition coefficient (Wildman–Crippen LogP) is 3.72. The maximum absolute atomic E-state index is 13.7. The molecule has 2 saturated heterocycles. The fourth-order valence-corrected chi connectivity index (χ4v) is 6.10. The van der Waals surface area contributed by atoms with Crippen molar-refractivity contribution in [2.75, 3.05) is 6.61 Å². The smallest absolute Gasteiger partial charge is 0.465 e. The van der Waals surface area contributed by atoms with E-state index in [2.05, 4.69) is 4.74 Å². The first-order chi connectivity index (χ1) is 17.5.